The summed E-state index contributed by atoms with van der Waals surface area (Å²) < 4.78 is 0. The number of hydrogen-bond acceptors (Lipinski definition) is 3. The molecule has 0 aromatic heterocycles. The van der Waals surface area contributed by atoms with E-state index in [1.807, 2.05) is 0 Å². The van der Waals surface area contributed by atoms with E-state index in [1.54, 1.807) is 0 Å². The third kappa shape index (κ3) is 55.1. The van der Waals surface area contributed by atoms with E-state index in [4.69, 9.17) is 0 Å². The Morgan fingerprint density at radius 3 is 0.358 bits per heavy atom. The second kappa shape index (κ2) is 60.2. The van der Waals surface area contributed by atoms with Gasteiger partial charge in [-0.05, 0) is 64.8 Å². The van der Waals surface area contributed by atoms with Crippen molar-refractivity contribution >= 4 is 0 Å². The summed E-state index contributed by atoms with van der Waals surface area (Å²) in [6.07, 6.45) is 72.1. The normalized spacial score (nSPS) is 12.0. The van der Waals surface area contributed by atoms with Crippen LogP contribution in [0.4, 0.5) is 0 Å². The van der Waals surface area contributed by atoms with Crippen LogP contribution in [0.2, 0.25) is 0 Å². The van der Waals surface area contributed by atoms with Crippen LogP contribution in [0.5, 0.6) is 0 Å². The molecule has 0 atom stereocenters. The Bertz CT molecular complexity index is 742. The van der Waals surface area contributed by atoms with Crippen molar-refractivity contribution in [1.82, 2.24) is 14.7 Å². The standard InChI is InChI=1S/C64H133N3/c1-6-11-16-21-26-31-36-41-46-51-56-65(57-52-47-42-37-32-27-22-17-12-7-2)61-63-67(60-55-50-45-40-35-30-25-20-15-10-5)64-62-66(58-53-48-43-38-33-28-23-18-13-8-3)59-54-49-44-39-34-29-24-19-14-9-4/h6-64H2,1-5H3. The van der Waals surface area contributed by atoms with Gasteiger partial charge in [0, 0.05) is 26.2 Å². The molecule has 0 fully saturated rings. The van der Waals surface area contributed by atoms with E-state index in [9.17, 15) is 0 Å². The smallest absolute Gasteiger partial charge is 0.0110 e. The van der Waals surface area contributed by atoms with Crippen molar-refractivity contribution in [3.05, 3.63) is 0 Å². The molecule has 0 aliphatic carbocycles. The largest absolute Gasteiger partial charge is 0.302 e. The minimum absolute atomic E-state index is 1.29. The zero-order valence-corrected chi connectivity index (χ0v) is 48.1. The van der Waals surface area contributed by atoms with Crippen molar-refractivity contribution in [3.8, 4) is 0 Å². The fraction of sp³-hybridized carbons (Fsp3) is 1.00. The molecule has 0 spiro atoms. The van der Waals surface area contributed by atoms with Gasteiger partial charge in [0.05, 0.1) is 0 Å². The van der Waals surface area contributed by atoms with Gasteiger partial charge < -0.3 is 14.7 Å². The number of unbranched alkanes of at least 4 members (excludes halogenated alkanes) is 45. The van der Waals surface area contributed by atoms with Crippen LogP contribution in [0.3, 0.4) is 0 Å². The van der Waals surface area contributed by atoms with E-state index in [-0.39, 0.29) is 0 Å². The monoisotopic (exact) mass is 944 g/mol. The maximum atomic E-state index is 2.96. The van der Waals surface area contributed by atoms with Crippen molar-refractivity contribution in [1.29, 1.82) is 0 Å². The quantitative estimate of drug-likeness (QED) is 0.0563. The lowest BCUT2D eigenvalue weighted by atomic mass is 10.1. The summed E-state index contributed by atoms with van der Waals surface area (Å²) in [6, 6.07) is 0. The summed E-state index contributed by atoms with van der Waals surface area (Å²) in [4.78, 5) is 8.83. The van der Waals surface area contributed by atoms with E-state index in [1.165, 1.54) is 380 Å². The second-order valence-corrected chi connectivity index (χ2v) is 22.4. The highest BCUT2D eigenvalue weighted by molar-refractivity contribution is 4.69. The van der Waals surface area contributed by atoms with Gasteiger partial charge in [0.1, 0.15) is 0 Å². The number of rotatable bonds is 61. The van der Waals surface area contributed by atoms with Crippen molar-refractivity contribution in [2.75, 3.05) is 58.9 Å². The van der Waals surface area contributed by atoms with Gasteiger partial charge in [-0.3, -0.25) is 0 Å². The molecule has 0 aromatic rings. The molecule has 404 valence electrons. The molecule has 0 amide bonds. The molecular formula is C64H133N3. The lowest BCUT2D eigenvalue weighted by molar-refractivity contribution is 0.167. The Kier molecular flexibility index (Phi) is 60.1. The van der Waals surface area contributed by atoms with Crippen molar-refractivity contribution in [2.24, 2.45) is 0 Å². The lowest BCUT2D eigenvalue weighted by Crippen LogP contribution is -2.41. The van der Waals surface area contributed by atoms with Crippen LogP contribution >= 0.6 is 0 Å². The Balaban J connectivity index is 5.40. The first-order valence-electron chi connectivity index (χ1n) is 32.4. The first-order valence-corrected chi connectivity index (χ1v) is 32.4. The van der Waals surface area contributed by atoms with Crippen LogP contribution in [-0.2, 0) is 0 Å². The minimum atomic E-state index is 1.29. The van der Waals surface area contributed by atoms with E-state index in [2.05, 4.69) is 49.3 Å². The Morgan fingerprint density at radius 2 is 0.224 bits per heavy atom. The predicted molar refractivity (Wildman–Crippen MR) is 309 cm³/mol. The average molecular weight is 945 g/mol. The highest BCUT2D eigenvalue weighted by atomic mass is 15.2. The summed E-state index contributed by atoms with van der Waals surface area (Å²) in [7, 11) is 0. The molecule has 0 unspecified atom stereocenters. The molecule has 0 aliphatic heterocycles. The third-order valence-corrected chi connectivity index (χ3v) is 15.6. The van der Waals surface area contributed by atoms with E-state index < -0.39 is 0 Å². The van der Waals surface area contributed by atoms with Gasteiger partial charge in [-0.15, -0.1) is 0 Å². The molecular weight excluding hydrogens is 811 g/mol. The summed E-state index contributed by atoms with van der Waals surface area (Å²) in [5.41, 5.74) is 0. The predicted octanol–water partition coefficient (Wildman–Crippen LogP) is 21.5. The van der Waals surface area contributed by atoms with Crippen LogP contribution in [-0.4, -0.2) is 73.6 Å². The SMILES string of the molecule is CCCCCCCCCCCCN(CCCCCCCCCCCC)CCN(CCCCCCCCCCCC)CCN(CCCCCCCCCCCC)CCCCCCCCCCCC. The first kappa shape index (κ1) is 66.9. The number of nitrogens with zero attached hydrogens (tertiary/aromatic N) is 3. The van der Waals surface area contributed by atoms with Crippen LogP contribution in [0, 0.1) is 0 Å². The second-order valence-electron chi connectivity index (χ2n) is 22.4. The lowest BCUT2D eigenvalue weighted by Gasteiger charge is -2.30. The molecule has 0 rings (SSSR count). The maximum Gasteiger partial charge on any atom is 0.0110 e. The molecule has 0 aliphatic rings. The molecule has 3 heteroatoms. The molecule has 3 nitrogen and oxygen atoms in total. The zero-order chi connectivity index (χ0) is 48.5. The highest BCUT2D eigenvalue weighted by Gasteiger charge is 2.13. The minimum Gasteiger partial charge on any atom is -0.302 e. The van der Waals surface area contributed by atoms with Crippen LogP contribution < -0.4 is 0 Å². The Morgan fingerprint density at radius 1 is 0.119 bits per heavy atom. The molecule has 0 saturated carbocycles. The molecule has 0 bridgehead atoms. The molecule has 0 N–H and O–H groups in total. The first-order chi connectivity index (χ1) is 33.2. The van der Waals surface area contributed by atoms with Gasteiger partial charge in [0.2, 0.25) is 0 Å². The average Bonchev–Trinajstić information content (AvgIpc) is 3.34. The maximum absolute atomic E-state index is 2.96. The molecule has 67 heavy (non-hydrogen) atoms. The Labute approximate surface area is 427 Å². The summed E-state index contributed by atoms with van der Waals surface area (Å²) in [5, 5.41) is 0. The third-order valence-electron chi connectivity index (χ3n) is 15.6. The van der Waals surface area contributed by atoms with Gasteiger partial charge in [-0.25, -0.2) is 0 Å². The van der Waals surface area contributed by atoms with Gasteiger partial charge >= 0.3 is 0 Å². The zero-order valence-electron chi connectivity index (χ0n) is 48.1. The summed E-state index contributed by atoms with van der Waals surface area (Å²) >= 11 is 0. The van der Waals surface area contributed by atoms with Crippen molar-refractivity contribution in [3.63, 3.8) is 0 Å². The van der Waals surface area contributed by atoms with Crippen LogP contribution in [0.1, 0.15) is 356 Å². The summed E-state index contributed by atoms with van der Waals surface area (Å²) in [5.74, 6) is 0. The van der Waals surface area contributed by atoms with Gasteiger partial charge in [-0.1, -0.05) is 324 Å². The van der Waals surface area contributed by atoms with Gasteiger partial charge in [0.15, 0.2) is 0 Å². The van der Waals surface area contributed by atoms with Gasteiger partial charge in [0.25, 0.3) is 0 Å². The Hall–Kier alpha value is -0.120. The van der Waals surface area contributed by atoms with Crippen molar-refractivity contribution < 1.29 is 0 Å². The molecule has 0 heterocycles. The fourth-order valence-corrected chi connectivity index (χ4v) is 10.7. The summed E-state index contributed by atoms with van der Waals surface area (Å²) in [6.45, 7) is 23.5. The molecule has 0 radical (unpaired) electrons. The van der Waals surface area contributed by atoms with Crippen LogP contribution in [0.25, 0.3) is 0 Å². The molecule has 0 saturated heterocycles. The highest BCUT2D eigenvalue weighted by Crippen LogP contribution is 2.17. The number of hydrogen-bond donors (Lipinski definition) is 0. The van der Waals surface area contributed by atoms with E-state index in [0.717, 1.165) is 0 Å². The van der Waals surface area contributed by atoms with Crippen LogP contribution in [0.15, 0.2) is 0 Å². The fourth-order valence-electron chi connectivity index (χ4n) is 10.7. The topological polar surface area (TPSA) is 9.72 Å². The van der Waals surface area contributed by atoms with E-state index >= 15 is 0 Å². The van der Waals surface area contributed by atoms with Crippen molar-refractivity contribution in [2.45, 2.75) is 356 Å². The molecule has 0 aromatic carbocycles. The van der Waals surface area contributed by atoms with E-state index in [0.29, 0.717) is 0 Å². The van der Waals surface area contributed by atoms with Gasteiger partial charge in [-0.2, -0.15) is 0 Å².